The Kier molecular flexibility index (Phi) is 1.53. The Labute approximate surface area is 53.2 Å². The summed E-state index contributed by atoms with van der Waals surface area (Å²) in [6, 6.07) is 2.51. The minimum absolute atomic E-state index is 0.0508. The molecule has 0 aliphatic carbocycles. The molecule has 0 fully saturated rings. The molecule has 1 aromatic heterocycles. The second kappa shape index (κ2) is 2.35. The fraction of sp³-hybridized carbons (Fsp3) is 0.167. The van der Waals surface area contributed by atoms with Gasteiger partial charge in [-0.3, -0.25) is 0 Å². The van der Waals surface area contributed by atoms with E-state index in [1.807, 2.05) is 0 Å². The van der Waals surface area contributed by atoms with Crippen LogP contribution in [0.1, 0.15) is 0 Å². The van der Waals surface area contributed by atoms with E-state index in [0.29, 0.717) is 6.54 Å². The van der Waals surface area contributed by atoms with Crippen molar-refractivity contribution >= 4 is 0 Å². The van der Waals surface area contributed by atoms with Crippen LogP contribution >= 0.6 is 0 Å². The fourth-order valence-electron chi connectivity index (χ4n) is 0.541. The molecule has 3 heteroatoms. The zero-order chi connectivity index (χ0) is 6.69. The predicted octanol–water partition coefficient (Wildman–Crippen LogP) is 0.575. The number of nitrogens with zero attached hydrogens (tertiary/aromatic N) is 2. The zero-order valence-corrected chi connectivity index (χ0v) is 4.91. The third-order valence-corrected chi connectivity index (χ3v) is 0.937. The Morgan fingerprint density at radius 1 is 2.00 bits per heavy atom. The lowest BCUT2D eigenvalue weighted by atomic mass is 10.6. The summed E-state index contributed by atoms with van der Waals surface area (Å²) in [5.74, 6) is 0.0508. The smallest absolute Gasteiger partial charge is 0.217 e. The largest absolute Gasteiger partial charge is 0.493 e. The Morgan fingerprint density at radius 2 is 2.78 bits per heavy atom. The quantitative estimate of drug-likeness (QED) is 0.584. The molecule has 0 saturated carbocycles. The average Bonchev–Trinajstić information content (AvgIpc) is 2.18. The first-order valence-corrected chi connectivity index (χ1v) is 2.58. The SMILES string of the molecule is C=CCn1nc[c]c1O. The molecule has 0 unspecified atom stereocenters. The van der Waals surface area contributed by atoms with Gasteiger partial charge in [-0.05, 0) is 0 Å². The summed E-state index contributed by atoms with van der Waals surface area (Å²) >= 11 is 0. The first-order valence-electron chi connectivity index (χ1n) is 2.58. The number of aromatic nitrogens is 2. The molecule has 0 saturated heterocycles. The zero-order valence-electron chi connectivity index (χ0n) is 4.91. The van der Waals surface area contributed by atoms with Crippen LogP contribution in [0.5, 0.6) is 5.88 Å². The molecule has 47 valence electrons. The van der Waals surface area contributed by atoms with E-state index < -0.39 is 0 Å². The van der Waals surface area contributed by atoms with E-state index >= 15 is 0 Å². The highest BCUT2D eigenvalue weighted by atomic mass is 16.3. The number of allylic oxidation sites excluding steroid dienone is 1. The summed E-state index contributed by atoms with van der Waals surface area (Å²) in [5.41, 5.74) is 0. The highest BCUT2D eigenvalue weighted by Crippen LogP contribution is 2.03. The van der Waals surface area contributed by atoms with Crippen LogP contribution < -0.4 is 0 Å². The van der Waals surface area contributed by atoms with Crippen molar-refractivity contribution in [3.8, 4) is 5.88 Å². The van der Waals surface area contributed by atoms with Crippen molar-refractivity contribution in [3.63, 3.8) is 0 Å². The van der Waals surface area contributed by atoms with Crippen molar-refractivity contribution in [3.05, 3.63) is 24.9 Å². The number of hydrogen-bond donors (Lipinski definition) is 1. The minimum atomic E-state index is 0.0508. The Balaban J connectivity index is 2.80. The van der Waals surface area contributed by atoms with Gasteiger partial charge in [0.15, 0.2) is 0 Å². The monoisotopic (exact) mass is 123 g/mol. The fourth-order valence-corrected chi connectivity index (χ4v) is 0.541. The second-order valence-electron chi connectivity index (χ2n) is 1.58. The van der Waals surface area contributed by atoms with Gasteiger partial charge in [0.05, 0.1) is 18.8 Å². The van der Waals surface area contributed by atoms with Crippen molar-refractivity contribution in [2.75, 3.05) is 0 Å². The molecule has 3 nitrogen and oxygen atoms in total. The minimum Gasteiger partial charge on any atom is -0.493 e. The Bertz CT molecular complexity index is 205. The Hall–Kier alpha value is -1.25. The van der Waals surface area contributed by atoms with Crippen LogP contribution in [-0.2, 0) is 6.54 Å². The molecule has 0 spiro atoms. The number of rotatable bonds is 2. The highest BCUT2D eigenvalue weighted by molar-refractivity contribution is 5.02. The molecule has 1 heterocycles. The summed E-state index contributed by atoms with van der Waals surface area (Å²) in [5, 5.41) is 12.6. The summed E-state index contributed by atoms with van der Waals surface area (Å²) < 4.78 is 1.40. The summed E-state index contributed by atoms with van der Waals surface area (Å²) in [6.45, 7) is 4.01. The van der Waals surface area contributed by atoms with E-state index in [0.717, 1.165) is 0 Å². The lowest BCUT2D eigenvalue weighted by molar-refractivity contribution is 0.410. The molecular formula is C6H7N2O. The van der Waals surface area contributed by atoms with Crippen LogP contribution in [0.2, 0.25) is 0 Å². The standard InChI is InChI=1S/C6H7N2O/c1-2-5-8-6(9)3-4-7-8/h2,4,9H,1,5H2. The molecular weight excluding hydrogens is 116 g/mol. The molecule has 1 radical (unpaired) electrons. The molecule has 1 aromatic rings. The molecule has 1 N–H and O–H groups in total. The molecule has 0 aliphatic heterocycles. The molecule has 1 rings (SSSR count). The lowest BCUT2D eigenvalue weighted by Gasteiger charge is -1.94. The van der Waals surface area contributed by atoms with E-state index in [-0.39, 0.29) is 5.88 Å². The molecule has 0 atom stereocenters. The maximum absolute atomic E-state index is 8.88. The third kappa shape index (κ3) is 1.10. The average molecular weight is 123 g/mol. The van der Waals surface area contributed by atoms with E-state index in [2.05, 4.69) is 17.7 Å². The maximum atomic E-state index is 8.88. The van der Waals surface area contributed by atoms with Crippen LogP contribution in [0.25, 0.3) is 0 Å². The van der Waals surface area contributed by atoms with Gasteiger partial charge in [0.25, 0.3) is 0 Å². The van der Waals surface area contributed by atoms with Crippen molar-refractivity contribution in [1.82, 2.24) is 9.78 Å². The van der Waals surface area contributed by atoms with Crippen LogP contribution in [0.15, 0.2) is 18.9 Å². The molecule has 0 bridgehead atoms. The van der Waals surface area contributed by atoms with Gasteiger partial charge < -0.3 is 5.11 Å². The van der Waals surface area contributed by atoms with E-state index in [1.165, 1.54) is 10.9 Å². The second-order valence-corrected chi connectivity index (χ2v) is 1.58. The van der Waals surface area contributed by atoms with Gasteiger partial charge in [0.1, 0.15) is 0 Å². The predicted molar refractivity (Wildman–Crippen MR) is 32.9 cm³/mol. The van der Waals surface area contributed by atoms with Crippen molar-refractivity contribution in [2.24, 2.45) is 0 Å². The summed E-state index contributed by atoms with van der Waals surface area (Å²) in [4.78, 5) is 0. The Morgan fingerprint density at radius 3 is 3.22 bits per heavy atom. The lowest BCUT2D eigenvalue weighted by Crippen LogP contribution is -1.94. The van der Waals surface area contributed by atoms with Crippen molar-refractivity contribution in [1.29, 1.82) is 0 Å². The summed E-state index contributed by atoms with van der Waals surface area (Å²) in [7, 11) is 0. The molecule has 0 amide bonds. The number of hydrogen-bond acceptors (Lipinski definition) is 2. The van der Waals surface area contributed by atoms with Crippen LogP contribution in [0, 0.1) is 6.07 Å². The van der Waals surface area contributed by atoms with Crippen molar-refractivity contribution < 1.29 is 5.11 Å². The topological polar surface area (TPSA) is 38.0 Å². The normalized spacial score (nSPS) is 9.33. The molecule has 0 aromatic carbocycles. The summed E-state index contributed by atoms with van der Waals surface area (Å²) in [6.07, 6.45) is 3.07. The van der Waals surface area contributed by atoms with Crippen LogP contribution in [0.4, 0.5) is 0 Å². The third-order valence-electron chi connectivity index (χ3n) is 0.937. The van der Waals surface area contributed by atoms with Crippen LogP contribution in [0.3, 0.4) is 0 Å². The van der Waals surface area contributed by atoms with Gasteiger partial charge in [-0.2, -0.15) is 5.10 Å². The maximum Gasteiger partial charge on any atom is 0.217 e. The van der Waals surface area contributed by atoms with E-state index in [1.54, 1.807) is 6.08 Å². The molecule has 9 heavy (non-hydrogen) atoms. The van der Waals surface area contributed by atoms with E-state index in [9.17, 15) is 0 Å². The van der Waals surface area contributed by atoms with Gasteiger partial charge >= 0.3 is 0 Å². The van der Waals surface area contributed by atoms with Gasteiger partial charge in [-0.1, -0.05) is 6.08 Å². The number of aromatic hydroxyl groups is 1. The van der Waals surface area contributed by atoms with Gasteiger partial charge in [-0.15, -0.1) is 6.58 Å². The van der Waals surface area contributed by atoms with Crippen molar-refractivity contribution in [2.45, 2.75) is 6.54 Å². The first kappa shape index (κ1) is 5.88. The van der Waals surface area contributed by atoms with Crippen LogP contribution in [-0.4, -0.2) is 14.9 Å². The van der Waals surface area contributed by atoms with Gasteiger partial charge in [0.2, 0.25) is 5.88 Å². The van der Waals surface area contributed by atoms with Gasteiger partial charge in [-0.25, -0.2) is 4.68 Å². The highest BCUT2D eigenvalue weighted by Gasteiger charge is 1.94. The first-order chi connectivity index (χ1) is 4.34. The molecule has 0 aliphatic rings. The van der Waals surface area contributed by atoms with E-state index in [4.69, 9.17) is 5.11 Å². The van der Waals surface area contributed by atoms with Gasteiger partial charge in [0, 0.05) is 0 Å².